The van der Waals surface area contributed by atoms with Gasteiger partial charge in [0.15, 0.2) is 5.78 Å². The molecule has 0 heterocycles. The van der Waals surface area contributed by atoms with E-state index in [4.69, 9.17) is 0 Å². The summed E-state index contributed by atoms with van der Waals surface area (Å²) in [4.78, 5) is 13.6. The Bertz CT molecular complexity index is 531. The standard InChI is InChI=1S/C18H24O2S/c1-4-8-16(21-13-9-6-5-7-10-13)17-14(19)11-18(2,3)12-15(17)20/h5-7,9-10,16,19H,4,8,11-12H2,1-3H3. The molecule has 0 amide bonds. The van der Waals surface area contributed by atoms with E-state index in [1.165, 1.54) is 0 Å². The molecule has 1 N–H and O–H groups in total. The average Bonchev–Trinajstić information content (AvgIpc) is 2.37. The quantitative estimate of drug-likeness (QED) is 0.764. The van der Waals surface area contributed by atoms with Gasteiger partial charge in [-0.3, -0.25) is 4.79 Å². The van der Waals surface area contributed by atoms with Gasteiger partial charge in [-0.05, 0) is 24.0 Å². The van der Waals surface area contributed by atoms with Gasteiger partial charge in [0.1, 0.15) is 5.76 Å². The van der Waals surface area contributed by atoms with Crippen molar-refractivity contribution < 1.29 is 9.90 Å². The zero-order valence-corrected chi connectivity index (χ0v) is 13.9. The highest BCUT2D eigenvalue weighted by molar-refractivity contribution is 8.00. The molecule has 2 nitrogen and oxygen atoms in total. The van der Waals surface area contributed by atoms with Crippen LogP contribution in [0.1, 0.15) is 46.5 Å². The van der Waals surface area contributed by atoms with E-state index in [2.05, 4.69) is 19.1 Å². The van der Waals surface area contributed by atoms with Crippen LogP contribution < -0.4 is 0 Å². The van der Waals surface area contributed by atoms with Crippen molar-refractivity contribution >= 4 is 17.5 Å². The first-order valence-corrected chi connectivity index (χ1v) is 8.48. The van der Waals surface area contributed by atoms with E-state index in [-0.39, 0.29) is 16.4 Å². The third-order valence-electron chi connectivity index (χ3n) is 3.79. The lowest BCUT2D eigenvalue weighted by molar-refractivity contribution is -0.118. The first-order valence-electron chi connectivity index (χ1n) is 7.60. The monoisotopic (exact) mass is 304 g/mol. The van der Waals surface area contributed by atoms with Crippen molar-refractivity contribution in [1.29, 1.82) is 0 Å². The number of benzene rings is 1. The minimum atomic E-state index is -0.126. The van der Waals surface area contributed by atoms with Gasteiger partial charge < -0.3 is 5.11 Å². The highest BCUT2D eigenvalue weighted by Gasteiger charge is 2.36. The molecule has 1 aromatic carbocycles. The van der Waals surface area contributed by atoms with Crippen LogP contribution in [-0.2, 0) is 4.79 Å². The highest BCUT2D eigenvalue weighted by atomic mass is 32.2. The first-order chi connectivity index (χ1) is 9.93. The van der Waals surface area contributed by atoms with Gasteiger partial charge in [0, 0.05) is 28.6 Å². The number of Topliss-reactive ketones (excluding diaryl/α,β-unsaturated/α-hetero) is 1. The number of aliphatic hydroxyl groups excluding tert-OH is 1. The number of carbonyl (C=O) groups is 1. The van der Waals surface area contributed by atoms with Gasteiger partial charge in [-0.2, -0.15) is 0 Å². The topological polar surface area (TPSA) is 37.3 Å². The third-order valence-corrected chi connectivity index (χ3v) is 5.09. The smallest absolute Gasteiger partial charge is 0.163 e. The molecule has 21 heavy (non-hydrogen) atoms. The van der Waals surface area contributed by atoms with Gasteiger partial charge in [0.2, 0.25) is 0 Å². The lowest BCUT2D eigenvalue weighted by Crippen LogP contribution is -2.30. The zero-order valence-electron chi connectivity index (χ0n) is 13.1. The predicted octanol–water partition coefficient (Wildman–Crippen LogP) is 5.15. The summed E-state index contributed by atoms with van der Waals surface area (Å²) in [6.07, 6.45) is 3.04. The molecule has 1 aliphatic rings. The van der Waals surface area contributed by atoms with Gasteiger partial charge in [-0.1, -0.05) is 45.4 Å². The number of carbonyl (C=O) groups excluding carboxylic acids is 1. The van der Waals surface area contributed by atoms with Crippen LogP contribution in [0.3, 0.4) is 0 Å². The van der Waals surface area contributed by atoms with Crippen LogP contribution >= 0.6 is 11.8 Å². The second-order valence-electron chi connectivity index (χ2n) is 6.51. The minimum absolute atomic E-state index is 0.0565. The average molecular weight is 304 g/mol. The molecule has 0 aromatic heterocycles. The molecule has 0 fully saturated rings. The Morgan fingerprint density at radius 3 is 2.48 bits per heavy atom. The van der Waals surface area contributed by atoms with Crippen molar-refractivity contribution in [2.75, 3.05) is 0 Å². The fourth-order valence-electron chi connectivity index (χ4n) is 2.85. The van der Waals surface area contributed by atoms with Gasteiger partial charge in [-0.25, -0.2) is 0 Å². The molecular weight excluding hydrogens is 280 g/mol. The second-order valence-corrected chi connectivity index (χ2v) is 7.79. The molecule has 0 bridgehead atoms. The summed E-state index contributed by atoms with van der Waals surface area (Å²) in [7, 11) is 0. The van der Waals surface area contributed by atoms with Gasteiger partial charge in [-0.15, -0.1) is 11.8 Å². The van der Waals surface area contributed by atoms with Crippen molar-refractivity contribution in [3.8, 4) is 0 Å². The molecule has 0 spiro atoms. The summed E-state index contributed by atoms with van der Waals surface area (Å²) in [5.41, 5.74) is 0.531. The largest absolute Gasteiger partial charge is 0.512 e. The van der Waals surface area contributed by atoms with E-state index in [1.54, 1.807) is 11.8 Å². The maximum absolute atomic E-state index is 12.5. The fraction of sp³-hybridized carbons (Fsp3) is 0.500. The number of hydrogen-bond donors (Lipinski definition) is 1. The van der Waals surface area contributed by atoms with Gasteiger partial charge in [0.05, 0.1) is 0 Å². The highest BCUT2D eigenvalue weighted by Crippen LogP contribution is 2.41. The number of allylic oxidation sites excluding steroid dienone is 1. The molecule has 114 valence electrons. The Morgan fingerprint density at radius 2 is 1.90 bits per heavy atom. The Labute approximate surface area is 131 Å². The van der Waals surface area contributed by atoms with E-state index in [0.29, 0.717) is 24.2 Å². The van der Waals surface area contributed by atoms with Crippen LogP contribution in [0.25, 0.3) is 0 Å². The third kappa shape index (κ3) is 4.13. The van der Waals surface area contributed by atoms with Gasteiger partial charge >= 0.3 is 0 Å². The molecule has 2 rings (SSSR count). The Hall–Kier alpha value is -1.22. The first kappa shape index (κ1) is 16.2. The summed E-state index contributed by atoms with van der Waals surface area (Å²) in [6.45, 7) is 6.20. The van der Waals surface area contributed by atoms with E-state index < -0.39 is 0 Å². The van der Waals surface area contributed by atoms with Crippen LogP contribution in [0.4, 0.5) is 0 Å². The summed E-state index contributed by atoms with van der Waals surface area (Å²) >= 11 is 1.69. The van der Waals surface area contributed by atoms with Gasteiger partial charge in [0.25, 0.3) is 0 Å². The lowest BCUT2D eigenvalue weighted by atomic mass is 9.75. The number of hydrogen-bond acceptors (Lipinski definition) is 3. The molecule has 1 unspecified atom stereocenters. The molecule has 1 aliphatic carbocycles. The minimum Gasteiger partial charge on any atom is -0.512 e. The Balaban J connectivity index is 2.27. The van der Waals surface area contributed by atoms with Crippen LogP contribution in [-0.4, -0.2) is 16.1 Å². The molecule has 0 radical (unpaired) electrons. The normalized spacial score (nSPS) is 19.7. The number of aliphatic hydroxyl groups is 1. The lowest BCUT2D eigenvalue weighted by Gasteiger charge is -2.32. The Morgan fingerprint density at radius 1 is 1.24 bits per heavy atom. The fourth-order valence-corrected chi connectivity index (χ4v) is 4.24. The predicted molar refractivity (Wildman–Crippen MR) is 88.7 cm³/mol. The van der Waals surface area contributed by atoms with Crippen molar-refractivity contribution in [2.45, 2.75) is 56.6 Å². The van der Waals surface area contributed by atoms with Crippen LogP contribution in [0.15, 0.2) is 46.6 Å². The molecule has 0 saturated carbocycles. The Kier molecular flexibility index (Phi) is 5.15. The second kappa shape index (κ2) is 6.69. The van der Waals surface area contributed by atoms with E-state index in [0.717, 1.165) is 17.7 Å². The summed E-state index contributed by atoms with van der Waals surface area (Å²) in [5, 5.41) is 10.5. The van der Waals surface area contributed by atoms with Crippen LogP contribution in [0, 0.1) is 5.41 Å². The van der Waals surface area contributed by atoms with E-state index in [1.807, 2.05) is 32.0 Å². The van der Waals surface area contributed by atoms with Crippen molar-refractivity contribution in [3.05, 3.63) is 41.7 Å². The van der Waals surface area contributed by atoms with Crippen LogP contribution in [0.2, 0.25) is 0 Å². The summed E-state index contributed by atoms with van der Waals surface area (Å²) in [5.74, 6) is 0.420. The maximum atomic E-state index is 12.5. The van der Waals surface area contributed by atoms with Crippen LogP contribution in [0.5, 0.6) is 0 Å². The van der Waals surface area contributed by atoms with Crippen molar-refractivity contribution in [3.63, 3.8) is 0 Å². The molecule has 1 aromatic rings. The zero-order chi connectivity index (χ0) is 15.5. The SMILES string of the molecule is CCCC(Sc1ccccc1)C1=C(O)CC(C)(C)CC1=O. The molecular formula is C18H24O2S. The van der Waals surface area contributed by atoms with E-state index in [9.17, 15) is 9.90 Å². The maximum Gasteiger partial charge on any atom is 0.163 e. The molecule has 0 saturated heterocycles. The summed E-state index contributed by atoms with van der Waals surface area (Å²) < 4.78 is 0. The summed E-state index contributed by atoms with van der Waals surface area (Å²) in [6, 6.07) is 10.1. The van der Waals surface area contributed by atoms with Crippen molar-refractivity contribution in [1.82, 2.24) is 0 Å². The number of rotatable bonds is 5. The molecule has 3 heteroatoms. The molecule has 1 atom stereocenters. The van der Waals surface area contributed by atoms with Crippen molar-refractivity contribution in [2.24, 2.45) is 5.41 Å². The molecule has 0 aliphatic heterocycles. The van der Waals surface area contributed by atoms with E-state index >= 15 is 0 Å². The number of ketones is 1. The number of thioether (sulfide) groups is 1.